The Morgan fingerprint density at radius 1 is 1.06 bits per heavy atom. The number of ether oxygens (including phenoxy) is 1. The summed E-state index contributed by atoms with van der Waals surface area (Å²) in [5.41, 5.74) is 0.567. The lowest BCUT2D eigenvalue weighted by atomic mass is 10.2. The van der Waals surface area contributed by atoms with Crippen molar-refractivity contribution >= 4 is 50.5 Å². The molecule has 0 aromatic heterocycles. The van der Waals surface area contributed by atoms with Crippen molar-refractivity contribution in [3.63, 3.8) is 0 Å². The molecule has 0 fully saturated rings. The standard InChI is InChI=1S/C21H15Cl2FN2O4S/c22-13-5-8-15(9-6-13)31(28,29)26-12-20(30-19-4-2-1-3-18(19)26)21(27)25-14-7-10-17(24)16(23)11-14/h1-11,20H,12H2,(H,25,27). The van der Waals surface area contributed by atoms with E-state index in [-0.39, 0.29) is 27.9 Å². The van der Waals surface area contributed by atoms with E-state index in [9.17, 15) is 17.6 Å². The van der Waals surface area contributed by atoms with Crippen LogP contribution in [0.1, 0.15) is 0 Å². The predicted octanol–water partition coefficient (Wildman–Crippen LogP) is 4.73. The Morgan fingerprint density at radius 2 is 1.77 bits per heavy atom. The van der Waals surface area contributed by atoms with Gasteiger partial charge in [-0.15, -0.1) is 0 Å². The Balaban J connectivity index is 1.66. The van der Waals surface area contributed by atoms with Gasteiger partial charge in [0.15, 0.2) is 6.10 Å². The van der Waals surface area contributed by atoms with E-state index < -0.39 is 27.9 Å². The molecule has 1 aliphatic rings. The number of rotatable bonds is 4. The average molecular weight is 481 g/mol. The third kappa shape index (κ3) is 4.32. The number of para-hydroxylation sites is 2. The first-order valence-corrected chi connectivity index (χ1v) is 11.3. The van der Waals surface area contributed by atoms with Gasteiger partial charge in [-0.1, -0.05) is 35.3 Å². The summed E-state index contributed by atoms with van der Waals surface area (Å²) < 4.78 is 46.9. The minimum Gasteiger partial charge on any atom is -0.476 e. The summed E-state index contributed by atoms with van der Waals surface area (Å²) in [6, 6.07) is 16.0. The molecular formula is C21H15Cl2FN2O4S. The molecule has 0 spiro atoms. The fourth-order valence-corrected chi connectivity index (χ4v) is 4.88. The number of anilines is 2. The lowest BCUT2D eigenvalue weighted by molar-refractivity contribution is -0.122. The molecule has 0 radical (unpaired) electrons. The molecule has 160 valence electrons. The fraction of sp³-hybridized carbons (Fsp3) is 0.0952. The van der Waals surface area contributed by atoms with Crippen LogP contribution in [0.3, 0.4) is 0 Å². The van der Waals surface area contributed by atoms with E-state index in [1.165, 1.54) is 36.4 Å². The normalized spacial score (nSPS) is 15.7. The van der Waals surface area contributed by atoms with Crippen LogP contribution in [0, 0.1) is 5.82 Å². The molecule has 3 aromatic rings. The molecule has 0 aliphatic carbocycles. The van der Waals surface area contributed by atoms with Gasteiger partial charge >= 0.3 is 0 Å². The van der Waals surface area contributed by atoms with Crippen LogP contribution in [-0.2, 0) is 14.8 Å². The van der Waals surface area contributed by atoms with Gasteiger partial charge < -0.3 is 10.1 Å². The van der Waals surface area contributed by atoms with E-state index >= 15 is 0 Å². The third-order valence-electron chi connectivity index (χ3n) is 4.62. The van der Waals surface area contributed by atoms with Gasteiger partial charge in [0.05, 0.1) is 22.2 Å². The summed E-state index contributed by atoms with van der Waals surface area (Å²) in [5, 5.41) is 2.82. The zero-order chi connectivity index (χ0) is 22.2. The molecular weight excluding hydrogens is 466 g/mol. The van der Waals surface area contributed by atoms with E-state index in [0.29, 0.717) is 10.7 Å². The van der Waals surface area contributed by atoms with Crippen molar-refractivity contribution in [2.24, 2.45) is 0 Å². The number of carbonyl (C=O) groups is 1. The van der Waals surface area contributed by atoms with Crippen LogP contribution < -0.4 is 14.4 Å². The van der Waals surface area contributed by atoms with E-state index in [0.717, 1.165) is 10.4 Å². The Hall–Kier alpha value is -2.81. The Labute approximate surface area is 188 Å². The van der Waals surface area contributed by atoms with Crippen LogP contribution in [0.15, 0.2) is 71.6 Å². The van der Waals surface area contributed by atoms with E-state index in [1.807, 2.05) is 0 Å². The molecule has 1 amide bonds. The number of benzene rings is 3. The highest BCUT2D eigenvalue weighted by Crippen LogP contribution is 2.37. The van der Waals surface area contributed by atoms with Gasteiger partial charge in [-0.05, 0) is 54.6 Å². The van der Waals surface area contributed by atoms with Crippen molar-refractivity contribution in [1.82, 2.24) is 0 Å². The van der Waals surface area contributed by atoms with Gasteiger partial charge in [-0.2, -0.15) is 0 Å². The molecule has 31 heavy (non-hydrogen) atoms. The lowest BCUT2D eigenvalue weighted by Gasteiger charge is -2.34. The maximum Gasteiger partial charge on any atom is 0.267 e. The summed E-state index contributed by atoms with van der Waals surface area (Å²) in [6.45, 7) is -0.261. The molecule has 1 heterocycles. The molecule has 10 heteroatoms. The van der Waals surface area contributed by atoms with Crippen LogP contribution in [0.2, 0.25) is 10.0 Å². The molecule has 1 atom stereocenters. The van der Waals surface area contributed by atoms with Gasteiger partial charge in [0.1, 0.15) is 11.6 Å². The van der Waals surface area contributed by atoms with Crippen LogP contribution in [0.25, 0.3) is 0 Å². The minimum atomic E-state index is -4.00. The molecule has 0 bridgehead atoms. The second-order valence-corrected chi connectivity index (χ2v) is 9.39. The SMILES string of the molecule is O=C(Nc1ccc(F)c(Cl)c1)C1CN(S(=O)(=O)c2ccc(Cl)cc2)c2ccccc2O1. The number of carbonyl (C=O) groups excluding carboxylic acids is 1. The number of nitrogens with zero attached hydrogens (tertiary/aromatic N) is 1. The minimum absolute atomic E-state index is 0.0260. The quantitative estimate of drug-likeness (QED) is 0.585. The first-order chi connectivity index (χ1) is 14.8. The van der Waals surface area contributed by atoms with Crippen LogP contribution in [-0.4, -0.2) is 27.0 Å². The molecule has 4 rings (SSSR count). The van der Waals surface area contributed by atoms with Gasteiger partial charge in [-0.3, -0.25) is 9.10 Å². The topological polar surface area (TPSA) is 75.7 Å². The van der Waals surface area contributed by atoms with E-state index in [1.54, 1.807) is 24.3 Å². The van der Waals surface area contributed by atoms with Crippen molar-refractivity contribution in [3.05, 3.63) is 82.6 Å². The van der Waals surface area contributed by atoms with Crippen molar-refractivity contribution in [2.45, 2.75) is 11.0 Å². The largest absolute Gasteiger partial charge is 0.476 e. The maximum absolute atomic E-state index is 13.4. The van der Waals surface area contributed by atoms with Crippen LogP contribution in [0.5, 0.6) is 5.75 Å². The first kappa shape index (κ1) is 21.4. The summed E-state index contributed by atoms with van der Waals surface area (Å²) in [4.78, 5) is 12.8. The second kappa shape index (κ2) is 8.37. The summed E-state index contributed by atoms with van der Waals surface area (Å²) in [5.74, 6) is -0.986. The van der Waals surface area contributed by atoms with Crippen molar-refractivity contribution < 1.29 is 22.3 Å². The second-order valence-electron chi connectivity index (χ2n) is 6.68. The van der Waals surface area contributed by atoms with Crippen LogP contribution in [0.4, 0.5) is 15.8 Å². The molecule has 1 aliphatic heterocycles. The smallest absolute Gasteiger partial charge is 0.267 e. The number of halogens is 3. The Kier molecular flexibility index (Phi) is 5.79. The zero-order valence-electron chi connectivity index (χ0n) is 15.8. The highest BCUT2D eigenvalue weighted by atomic mass is 35.5. The monoisotopic (exact) mass is 480 g/mol. The van der Waals surface area contributed by atoms with Crippen molar-refractivity contribution in [2.75, 3.05) is 16.2 Å². The molecule has 1 unspecified atom stereocenters. The highest BCUT2D eigenvalue weighted by molar-refractivity contribution is 7.92. The van der Waals surface area contributed by atoms with Crippen molar-refractivity contribution in [3.8, 4) is 5.75 Å². The van der Waals surface area contributed by atoms with Gasteiger partial charge in [-0.25, -0.2) is 12.8 Å². The number of fused-ring (bicyclic) bond motifs is 1. The molecule has 0 saturated heterocycles. The zero-order valence-corrected chi connectivity index (χ0v) is 18.1. The third-order valence-corrected chi connectivity index (χ3v) is 6.95. The number of hydrogen-bond acceptors (Lipinski definition) is 4. The molecule has 0 saturated carbocycles. The first-order valence-electron chi connectivity index (χ1n) is 9.05. The lowest BCUT2D eigenvalue weighted by Crippen LogP contribution is -2.48. The van der Waals surface area contributed by atoms with Gasteiger partial charge in [0, 0.05) is 10.7 Å². The van der Waals surface area contributed by atoms with Crippen molar-refractivity contribution in [1.29, 1.82) is 0 Å². The Bertz CT molecular complexity index is 1250. The number of hydrogen-bond donors (Lipinski definition) is 1. The fourth-order valence-electron chi connectivity index (χ4n) is 3.10. The van der Waals surface area contributed by atoms with E-state index in [4.69, 9.17) is 27.9 Å². The Morgan fingerprint density at radius 3 is 2.48 bits per heavy atom. The molecule has 1 N–H and O–H groups in total. The number of amides is 1. The van der Waals surface area contributed by atoms with Crippen LogP contribution >= 0.6 is 23.2 Å². The summed E-state index contributed by atoms with van der Waals surface area (Å²) >= 11 is 11.6. The number of sulfonamides is 1. The highest BCUT2D eigenvalue weighted by Gasteiger charge is 2.37. The van der Waals surface area contributed by atoms with Gasteiger partial charge in [0.25, 0.3) is 15.9 Å². The summed E-state index contributed by atoms with van der Waals surface area (Å²) in [7, 11) is -4.00. The molecule has 6 nitrogen and oxygen atoms in total. The molecule has 3 aromatic carbocycles. The maximum atomic E-state index is 13.4. The average Bonchev–Trinajstić information content (AvgIpc) is 2.75. The van der Waals surface area contributed by atoms with Gasteiger partial charge in [0.2, 0.25) is 0 Å². The summed E-state index contributed by atoms with van der Waals surface area (Å²) in [6.07, 6.45) is -1.15. The van der Waals surface area contributed by atoms with E-state index in [2.05, 4.69) is 5.32 Å². The predicted molar refractivity (Wildman–Crippen MR) is 117 cm³/mol. The number of nitrogens with one attached hydrogen (secondary N) is 1.